The number of hydrogen-bond acceptors (Lipinski definition) is 4. The Morgan fingerprint density at radius 2 is 1.56 bits per heavy atom. The molecule has 4 rings (SSSR count). The first kappa shape index (κ1) is 23.7. The molecule has 0 saturated carbocycles. The van der Waals surface area contributed by atoms with E-state index in [9.17, 15) is 21.6 Å². The van der Waals surface area contributed by atoms with Crippen LogP contribution in [-0.4, -0.2) is 23.2 Å². The second-order valence-corrected chi connectivity index (χ2v) is 9.62. The topological polar surface area (TPSA) is 90.9 Å². The molecule has 0 aliphatic heterocycles. The summed E-state index contributed by atoms with van der Waals surface area (Å²) in [5, 5.41) is 8.97. The predicted molar refractivity (Wildman–Crippen MR) is 123 cm³/mol. The number of hydrogen-bond donors (Lipinski definition) is 1. The summed E-state index contributed by atoms with van der Waals surface area (Å²) in [7, 11) is -3.95. The highest BCUT2D eigenvalue weighted by atomic mass is 32.2. The van der Waals surface area contributed by atoms with Crippen LogP contribution in [0.3, 0.4) is 0 Å². The van der Waals surface area contributed by atoms with Crippen molar-refractivity contribution in [1.29, 1.82) is 0 Å². The molecule has 4 aromatic rings. The molecule has 0 unspecified atom stereocenters. The van der Waals surface area contributed by atoms with Crippen LogP contribution in [0, 0.1) is 0 Å². The van der Waals surface area contributed by atoms with Gasteiger partial charge in [-0.15, -0.1) is 0 Å². The number of sulfonamides is 1. The molecule has 34 heavy (non-hydrogen) atoms. The Morgan fingerprint density at radius 1 is 0.912 bits per heavy atom. The molecule has 0 fully saturated rings. The monoisotopic (exact) mass is 486 g/mol. The number of nitrogens with two attached hydrogens (primary N) is 1. The van der Waals surface area contributed by atoms with Crippen LogP contribution in [0.2, 0.25) is 0 Å². The maximum absolute atomic E-state index is 13.7. The van der Waals surface area contributed by atoms with Crippen LogP contribution >= 0.6 is 0 Å². The SMILES string of the molecule is CC(C)c1ccc(-c2ccncc2)cc1-c1cc(C(F)(F)F)nn1-c1ccc(S(N)(=O)=O)cc1. The molecular formula is C24H21F3N4O2S. The van der Waals surface area contributed by atoms with Crippen molar-refractivity contribution in [3.63, 3.8) is 0 Å². The fraction of sp³-hybridized carbons (Fsp3) is 0.167. The maximum Gasteiger partial charge on any atom is 0.435 e. The summed E-state index contributed by atoms with van der Waals surface area (Å²) in [6.07, 6.45) is -1.38. The standard InChI is InChI=1S/C24H21F3N4O2S/c1-15(2)20-8-3-17(16-9-11-29-12-10-16)13-21(20)22-14-23(24(25,26)27)30-31(22)18-4-6-19(7-5-18)34(28,32)33/h3-15H,1-2H3,(H2,28,32,33). The Hall–Kier alpha value is -3.50. The molecule has 2 aromatic heterocycles. The number of aromatic nitrogens is 3. The Labute approximate surface area is 194 Å². The normalized spacial score (nSPS) is 12.3. The van der Waals surface area contributed by atoms with Gasteiger partial charge in [-0.05, 0) is 71.1 Å². The average molecular weight is 487 g/mol. The molecule has 2 N–H and O–H groups in total. The first-order valence-corrected chi connectivity index (χ1v) is 11.8. The highest BCUT2D eigenvalue weighted by molar-refractivity contribution is 7.89. The number of pyridine rings is 1. The first-order valence-electron chi connectivity index (χ1n) is 10.3. The lowest BCUT2D eigenvalue weighted by molar-refractivity contribution is -0.141. The molecule has 0 bridgehead atoms. The quantitative estimate of drug-likeness (QED) is 0.409. The first-order chi connectivity index (χ1) is 15.9. The third kappa shape index (κ3) is 4.73. The van der Waals surface area contributed by atoms with E-state index in [2.05, 4.69) is 10.1 Å². The van der Waals surface area contributed by atoms with Gasteiger partial charge in [-0.1, -0.05) is 26.0 Å². The van der Waals surface area contributed by atoms with Crippen molar-refractivity contribution in [2.75, 3.05) is 0 Å². The molecule has 2 aromatic carbocycles. The van der Waals surface area contributed by atoms with E-state index in [-0.39, 0.29) is 22.2 Å². The molecule has 2 heterocycles. The summed E-state index contributed by atoms with van der Waals surface area (Å²) in [6, 6.07) is 15.5. The Kier molecular flexibility index (Phi) is 6.05. The van der Waals surface area contributed by atoms with E-state index in [1.165, 1.54) is 28.9 Å². The van der Waals surface area contributed by atoms with Gasteiger partial charge in [0.05, 0.1) is 16.3 Å². The minimum Gasteiger partial charge on any atom is -0.265 e. The summed E-state index contributed by atoms with van der Waals surface area (Å²) in [5.41, 5.74) is 2.55. The van der Waals surface area contributed by atoms with Crippen molar-refractivity contribution in [3.8, 4) is 28.1 Å². The van der Waals surface area contributed by atoms with Gasteiger partial charge in [0.15, 0.2) is 5.69 Å². The second-order valence-electron chi connectivity index (χ2n) is 8.06. The highest BCUT2D eigenvalue weighted by Gasteiger charge is 2.35. The molecule has 0 aliphatic carbocycles. The number of benzene rings is 2. The zero-order valence-electron chi connectivity index (χ0n) is 18.3. The fourth-order valence-electron chi connectivity index (χ4n) is 3.69. The van der Waals surface area contributed by atoms with Gasteiger partial charge in [-0.3, -0.25) is 4.98 Å². The molecular weight excluding hydrogens is 465 g/mol. The minimum atomic E-state index is -4.67. The van der Waals surface area contributed by atoms with E-state index in [4.69, 9.17) is 5.14 Å². The molecule has 0 saturated heterocycles. The van der Waals surface area contributed by atoms with Gasteiger partial charge in [0.25, 0.3) is 0 Å². The largest absolute Gasteiger partial charge is 0.435 e. The van der Waals surface area contributed by atoms with Crippen LogP contribution < -0.4 is 5.14 Å². The fourth-order valence-corrected chi connectivity index (χ4v) is 4.21. The van der Waals surface area contributed by atoms with E-state index >= 15 is 0 Å². The third-order valence-electron chi connectivity index (χ3n) is 5.37. The maximum atomic E-state index is 13.7. The van der Waals surface area contributed by atoms with E-state index in [1.807, 2.05) is 44.2 Å². The third-order valence-corrected chi connectivity index (χ3v) is 6.30. The average Bonchev–Trinajstić information content (AvgIpc) is 3.25. The second kappa shape index (κ2) is 8.69. The zero-order chi connectivity index (χ0) is 24.7. The highest BCUT2D eigenvalue weighted by Crippen LogP contribution is 2.38. The van der Waals surface area contributed by atoms with Crippen LogP contribution in [0.15, 0.2) is 78.0 Å². The lowest BCUT2D eigenvalue weighted by Gasteiger charge is -2.16. The van der Waals surface area contributed by atoms with Crippen molar-refractivity contribution in [3.05, 3.63) is 84.3 Å². The molecule has 176 valence electrons. The van der Waals surface area contributed by atoms with Gasteiger partial charge in [0, 0.05) is 18.0 Å². The summed E-state index contributed by atoms with van der Waals surface area (Å²) >= 11 is 0. The van der Waals surface area contributed by atoms with Gasteiger partial charge in [0.2, 0.25) is 10.0 Å². The molecule has 0 spiro atoms. The van der Waals surface area contributed by atoms with E-state index in [0.717, 1.165) is 22.8 Å². The molecule has 0 amide bonds. The number of primary sulfonamides is 1. The van der Waals surface area contributed by atoms with E-state index in [1.54, 1.807) is 12.4 Å². The van der Waals surface area contributed by atoms with Crippen molar-refractivity contribution in [1.82, 2.24) is 14.8 Å². The van der Waals surface area contributed by atoms with E-state index in [0.29, 0.717) is 5.56 Å². The summed E-state index contributed by atoms with van der Waals surface area (Å²) in [5.74, 6) is 0.0175. The number of rotatable bonds is 5. The van der Waals surface area contributed by atoms with Gasteiger partial charge in [0.1, 0.15) is 0 Å². The van der Waals surface area contributed by atoms with Gasteiger partial charge in [-0.25, -0.2) is 18.2 Å². The smallest absolute Gasteiger partial charge is 0.265 e. The van der Waals surface area contributed by atoms with E-state index < -0.39 is 21.9 Å². The van der Waals surface area contributed by atoms with Crippen molar-refractivity contribution in [2.45, 2.75) is 30.8 Å². The molecule has 0 aliphatic rings. The van der Waals surface area contributed by atoms with Gasteiger partial charge in [-0.2, -0.15) is 18.3 Å². The van der Waals surface area contributed by atoms with Crippen LogP contribution in [0.25, 0.3) is 28.1 Å². The minimum absolute atomic E-state index is 0.0175. The molecule has 0 atom stereocenters. The van der Waals surface area contributed by atoms with Crippen molar-refractivity contribution < 1.29 is 21.6 Å². The van der Waals surface area contributed by atoms with Crippen molar-refractivity contribution >= 4 is 10.0 Å². The number of nitrogens with zero attached hydrogens (tertiary/aromatic N) is 3. The van der Waals surface area contributed by atoms with Gasteiger partial charge >= 0.3 is 6.18 Å². The summed E-state index contributed by atoms with van der Waals surface area (Å²) in [6.45, 7) is 3.91. The lowest BCUT2D eigenvalue weighted by Crippen LogP contribution is -2.12. The Morgan fingerprint density at radius 3 is 2.12 bits per heavy atom. The van der Waals surface area contributed by atoms with Crippen LogP contribution in [0.5, 0.6) is 0 Å². The Bertz CT molecular complexity index is 1430. The molecule has 6 nitrogen and oxygen atoms in total. The molecule has 0 radical (unpaired) electrons. The number of halogens is 3. The predicted octanol–water partition coefficient (Wildman–Crippen LogP) is 5.39. The van der Waals surface area contributed by atoms with Gasteiger partial charge < -0.3 is 0 Å². The van der Waals surface area contributed by atoms with Crippen LogP contribution in [-0.2, 0) is 16.2 Å². The lowest BCUT2D eigenvalue weighted by atomic mass is 9.91. The van der Waals surface area contributed by atoms with Crippen LogP contribution in [0.4, 0.5) is 13.2 Å². The molecule has 10 heteroatoms. The summed E-state index contributed by atoms with van der Waals surface area (Å²) < 4.78 is 65.3. The van der Waals surface area contributed by atoms with Crippen LogP contribution in [0.1, 0.15) is 31.0 Å². The summed E-state index contributed by atoms with van der Waals surface area (Å²) in [4.78, 5) is 3.87. The Balaban J connectivity index is 1.96. The zero-order valence-corrected chi connectivity index (χ0v) is 19.1. The number of alkyl halides is 3. The van der Waals surface area contributed by atoms with Crippen molar-refractivity contribution in [2.24, 2.45) is 5.14 Å².